The number of nitrogens with zero attached hydrogens (tertiary/aromatic N) is 4. The maximum atomic E-state index is 12.6. The van der Waals surface area contributed by atoms with Crippen LogP contribution in [0.4, 0.5) is 5.13 Å². The van der Waals surface area contributed by atoms with Crippen molar-refractivity contribution >= 4 is 44.4 Å². The smallest absolute Gasteiger partial charge is 0.239 e. The molecule has 0 radical (unpaired) electrons. The predicted molar refractivity (Wildman–Crippen MR) is 97.3 cm³/mol. The first-order valence-corrected chi connectivity index (χ1v) is 9.16. The number of carbonyl (C=O) groups excluding carboxylic acids is 1. The summed E-state index contributed by atoms with van der Waals surface area (Å²) in [5.74, 6) is 0.233. The zero-order valence-electron chi connectivity index (χ0n) is 13.0. The second kappa shape index (κ2) is 7.43. The van der Waals surface area contributed by atoms with Crippen LogP contribution in [0.3, 0.4) is 0 Å². The molecule has 0 aliphatic carbocycles. The lowest BCUT2D eigenvalue weighted by Crippen LogP contribution is -2.32. The molecule has 7 heteroatoms. The summed E-state index contributed by atoms with van der Waals surface area (Å²) in [6, 6.07) is 13.3. The minimum absolute atomic E-state index is 0.0225. The molecular weight excluding hydrogens is 340 g/mol. The SMILES string of the molecule is CCN(C(=O)CSc1cc(C#N)ccn1)c1nc2ccccc2s1. The maximum Gasteiger partial charge on any atom is 0.239 e. The highest BCUT2D eigenvalue weighted by molar-refractivity contribution is 7.99. The highest BCUT2D eigenvalue weighted by atomic mass is 32.2. The summed E-state index contributed by atoms with van der Waals surface area (Å²) in [6.45, 7) is 2.49. The first-order valence-electron chi connectivity index (χ1n) is 7.36. The molecule has 0 aliphatic heterocycles. The number of benzene rings is 1. The summed E-state index contributed by atoms with van der Waals surface area (Å²) in [4.78, 5) is 23.0. The number of para-hydroxylation sites is 1. The third kappa shape index (κ3) is 3.55. The van der Waals surface area contributed by atoms with E-state index >= 15 is 0 Å². The monoisotopic (exact) mass is 354 g/mol. The lowest BCUT2D eigenvalue weighted by Gasteiger charge is -2.17. The number of amides is 1. The maximum absolute atomic E-state index is 12.6. The number of nitriles is 1. The van der Waals surface area contributed by atoms with E-state index in [1.807, 2.05) is 31.2 Å². The van der Waals surface area contributed by atoms with Gasteiger partial charge in [-0.3, -0.25) is 9.69 Å². The summed E-state index contributed by atoms with van der Waals surface area (Å²) in [6.07, 6.45) is 1.58. The quantitative estimate of drug-likeness (QED) is 0.653. The molecule has 5 nitrogen and oxygen atoms in total. The molecule has 1 amide bonds. The Bertz CT molecular complexity index is 883. The molecule has 0 atom stereocenters. The number of aromatic nitrogens is 2. The molecule has 0 saturated carbocycles. The summed E-state index contributed by atoms with van der Waals surface area (Å²) in [7, 11) is 0. The van der Waals surface area contributed by atoms with Crippen molar-refractivity contribution in [3.05, 3.63) is 48.2 Å². The van der Waals surface area contributed by atoms with Gasteiger partial charge < -0.3 is 0 Å². The van der Waals surface area contributed by atoms with Gasteiger partial charge in [-0.2, -0.15) is 5.26 Å². The molecule has 1 aromatic carbocycles. The van der Waals surface area contributed by atoms with Crippen LogP contribution < -0.4 is 4.90 Å². The van der Waals surface area contributed by atoms with Gasteiger partial charge in [-0.1, -0.05) is 35.2 Å². The van der Waals surface area contributed by atoms with Crippen LogP contribution in [0.2, 0.25) is 0 Å². The van der Waals surface area contributed by atoms with Crippen molar-refractivity contribution in [2.45, 2.75) is 11.9 Å². The van der Waals surface area contributed by atoms with Gasteiger partial charge in [-0.25, -0.2) is 9.97 Å². The Labute approximate surface area is 148 Å². The van der Waals surface area contributed by atoms with Crippen LogP contribution >= 0.6 is 23.1 Å². The molecule has 0 spiro atoms. The van der Waals surface area contributed by atoms with Crippen molar-refractivity contribution in [3.63, 3.8) is 0 Å². The first kappa shape index (κ1) is 16.4. The van der Waals surface area contributed by atoms with Crippen LogP contribution in [0.15, 0.2) is 47.6 Å². The van der Waals surface area contributed by atoms with E-state index in [0.717, 1.165) is 10.2 Å². The number of thiazole rings is 1. The number of anilines is 1. The summed E-state index contributed by atoms with van der Waals surface area (Å²) >= 11 is 2.84. The van der Waals surface area contributed by atoms with Gasteiger partial charge in [-0.05, 0) is 31.2 Å². The predicted octanol–water partition coefficient (Wildman–Crippen LogP) is 3.71. The van der Waals surface area contributed by atoms with Crippen molar-refractivity contribution in [3.8, 4) is 6.07 Å². The van der Waals surface area contributed by atoms with E-state index in [1.54, 1.807) is 23.2 Å². The van der Waals surface area contributed by atoms with Crippen LogP contribution in [0, 0.1) is 11.3 Å². The second-order valence-corrected chi connectivity index (χ2v) is 6.89. The Morgan fingerprint density at radius 2 is 2.21 bits per heavy atom. The highest BCUT2D eigenvalue weighted by Gasteiger charge is 2.18. The summed E-state index contributed by atoms with van der Waals surface area (Å²) < 4.78 is 1.06. The van der Waals surface area contributed by atoms with E-state index in [0.29, 0.717) is 22.3 Å². The standard InChI is InChI=1S/C17H14N4OS2/c1-2-21(17-20-13-5-3-4-6-14(13)24-17)16(22)11-23-15-9-12(10-18)7-8-19-15/h3-9H,2,11H2,1H3. The Hall–Kier alpha value is -2.43. The average Bonchev–Trinajstić information content (AvgIpc) is 3.04. The fraction of sp³-hybridized carbons (Fsp3) is 0.176. The van der Waals surface area contributed by atoms with Gasteiger partial charge in [0.1, 0.15) is 0 Å². The Morgan fingerprint density at radius 1 is 1.38 bits per heavy atom. The average molecular weight is 354 g/mol. The van der Waals surface area contributed by atoms with E-state index in [2.05, 4.69) is 16.0 Å². The minimum atomic E-state index is -0.0225. The Morgan fingerprint density at radius 3 is 2.96 bits per heavy atom. The number of rotatable bonds is 5. The first-order chi connectivity index (χ1) is 11.7. The third-order valence-corrected chi connectivity index (χ3v) is 5.31. The van der Waals surface area contributed by atoms with Gasteiger partial charge in [0.05, 0.1) is 32.6 Å². The zero-order valence-corrected chi connectivity index (χ0v) is 14.6. The van der Waals surface area contributed by atoms with Crippen molar-refractivity contribution < 1.29 is 4.79 Å². The lowest BCUT2D eigenvalue weighted by atomic mass is 10.3. The van der Waals surface area contributed by atoms with Crippen LogP contribution in [-0.2, 0) is 4.79 Å². The molecule has 24 heavy (non-hydrogen) atoms. The van der Waals surface area contributed by atoms with Crippen LogP contribution in [0.5, 0.6) is 0 Å². The molecule has 0 saturated heterocycles. The van der Waals surface area contributed by atoms with E-state index in [-0.39, 0.29) is 11.7 Å². The van der Waals surface area contributed by atoms with Gasteiger partial charge in [-0.15, -0.1) is 0 Å². The number of carbonyl (C=O) groups is 1. The molecule has 120 valence electrons. The Kier molecular flexibility index (Phi) is 5.08. The zero-order chi connectivity index (χ0) is 16.9. The highest BCUT2D eigenvalue weighted by Crippen LogP contribution is 2.29. The molecular formula is C17H14N4OS2. The molecule has 3 aromatic rings. The van der Waals surface area contributed by atoms with E-state index in [9.17, 15) is 4.79 Å². The van der Waals surface area contributed by atoms with E-state index in [1.165, 1.54) is 23.1 Å². The van der Waals surface area contributed by atoms with Crippen molar-refractivity contribution in [2.75, 3.05) is 17.2 Å². The summed E-state index contributed by atoms with van der Waals surface area (Å²) in [5, 5.41) is 10.3. The van der Waals surface area contributed by atoms with E-state index < -0.39 is 0 Å². The fourth-order valence-corrected chi connectivity index (χ4v) is 3.98. The topological polar surface area (TPSA) is 69.9 Å². The molecule has 3 rings (SSSR count). The lowest BCUT2D eigenvalue weighted by molar-refractivity contribution is -0.116. The minimum Gasteiger partial charge on any atom is -0.288 e. The largest absolute Gasteiger partial charge is 0.288 e. The van der Waals surface area contributed by atoms with Gasteiger partial charge in [0.25, 0.3) is 0 Å². The molecule has 0 bridgehead atoms. The number of fused-ring (bicyclic) bond motifs is 1. The van der Waals surface area contributed by atoms with Crippen LogP contribution in [0.1, 0.15) is 12.5 Å². The number of thioether (sulfide) groups is 1. The number of hydrogen-bond donors (Lipinski definition) is 0. The Balaban J connectivity index is 1.73. The van der Waals surface area contributed by atoms with Crippen LogP contribution in [-0.4, -0.2) is 28.2 Å². The molecule has 0 unspecified atom stereocenters. The molecule has 2 heterocycles. The number of pyridine rings is 1. The summed E-state index contributed by atoms with van der Waals surface area (Å²) in [5.41, 5.74) is 1.44. The number of hydrogen-bond acceptors (Lipinski definition) is 6. The van der Waals surface area contributed by atoms with Crippen molar-refractivity contribution in [1.29, 1.82) is 5.26 Å². The molecule has 0 N–H and O–H groups in total. The normalized spacial score (nSPS) is 10.5. The van der Waals surface area contributed by atoms with Crippen LogP contribution in [0.25, 0.3) is 10.2 Å². The van der Waals surface area contributed by atoms with Gasteiger partial charge in [0.2, 0.25) is 5.91 Å². The molecule has 0 fully saturated rings. The van der Waals surface area contributed by atoms with Gasteiger partial charge >= 0.3 is 0 Å². The third-order valence-electron chi connectivity index (χ3n) is 3.34. The fourth-order valence-electron chi connectivity index (χ4n) is 2.17. The molecule has 2 aromatic heterocycles. The second-order valence-electron chi connectivity index (χ2n) is 4.89. The molecule has 0 aliphatic rings. The van der Waals surface area contributed by atoms with Gasteiger partial charge in [0, 0.05) is 12.7 Å². The van der Waals surface area contributed by atoms with Crippen molar-refractivity contribution in [1.82, 2.24) is 9.97 Å². The van der Waals surface area contributed by atoms with E-state index in [4.69, 9.17) is 5.26 Å². The van der Waals surface area contributed by atoms with Crippen molar-refractivity contribution in [2.24, 2.45) is 0 Å². The van der Waals surface area contributed by atoms with Gasteiger partial charge in [0.15, 0.2) is 5.13 Å².